The third kappa shape index (κ3) is 4.22. The number of halogens is 3. The highest BCUT2D eigenvalue weighted by Crippen LogP contribution is 2.31. The van der Waals surface area contributed by atoms with Crippen LogP contribution in [-0.2, 0) is 16.2 Å². The Hall–Kier alpha value is -2.40. The van der Waals surface area contributed by atoms with E-state index in [2.05, 4.69) is 15.1 Å². The summed E-state index contributed by atoms with van der Waals surface area (Å²) >= 11 is 0. The first-order valence-electron chi connectivity index (χ1n) is 9.76. The molecular weight excluding hydrogens is 419 g/mol. The van der Waals surface area contributed by atoms with Crippen molar-refractivity contribution in [2.45, 2.75) is 23.9 Å². The van der Waals surface area contributed by atoms with Crippen molar-refractivity contribution >= 4 is 21.7 Å². The zero-order chi connectivity index (χ0) is 21.4. The zero-order valence-electron chi connectivity index (χ0n) is 16.2. The van der Waals surface area contributed by atoms with Gasteiger partial charge in [-0.15, -0.1) is 10.2 Å². The molecule has 2 aliphatic rings. The minimum Gasteiger partial charge on any atom is -0.355 e. The average molecular weight is 441 g/mol. The molecular formula is C19H22F3N5O2S. The number of piperazine rings is 1. The Bertz CT molecular complexity index is 984. The van der Waals surface area contributed by atoms with Crippen LogP contribution in [0.25, 0.3) is 0 Å². The monoisotopic (exact) mass is 441 g/mol. The molecule has 0 amide bonds. The fraction of sp³-hybridized carbons (Fsp3) is 0.474. The summed E-state index contributed by atoms with van der Waals surface area (Å²) < 4.78 is 65.6. The summed E-state index contributed by atoms with van der Waals surface area (Å²) in [5.74, 6) is 1.50. The van der Waals surface area contributed by atoms with E-state index in [9.17, 15) is 21.6 Å². The van der Waals surface area contributed by atoms with Crippen LogP contribution in [-0.4, -0.2) is 62.2 Å². The van der Waals surface area contributed by atoms with Gasteiger partial charge in [-0.2, -0.15) is 17.5 Å². The lowest BCUT2D eigenvalue weighted by molar-refractivity contribution is -0.137. The van der Waals surface area contributed by atoms with Gasteiger partial charge in [0, 0.05) is 39.3 Å². The lowest BCUT2D eigenvalue weighted by Crippen LogP contribution is -2.49. The van der Waals surface area contributed by atoms with Crippen LogP contribution in [0.5, 0.6) is 0 Å². The van der Waals surface area contributed by atoms with E-state index in [0.29, 0.717) is 25.0 Å². The largest absolute Gasteiger partial charge is 0.416 e. The van der Waals surface area contributed by atoms with Gasteiger partial charge in [-0.25, -0.2) is 8.42 Å². The maximum atomic E-state index is 12.9. The molecule has 1 aromatic heterocycles. The highest BCUT2D eigenvalue weighted by Gasteiger charge is 2.34. The van der Waals surface area contributed by atoms with Crippen LogP contribution in [0, 0.1) is 0 Å². The normalized spacial score (nSPS) is 18.8. The Morgan fingerprint density at radius 2 is 1.37 bits per heavy atom. The quantitative estimate of drug-likeness (QED) is 0.727. The summed E-state index contributed by atoms with van der Waals surface area (Å²) in [5, 5.41) is 8.55. The molecule has 30 heavy (non-hydrogen) atoms. The van der Waals surface area contributed by atoms with Crippen molar-refractivity contribution in [1.82, 2.24) is 14.5 Å². The molecule has 162 valence electrons. The highest BCUT2D eigenvalue weighted by molar-refractivity contribution is 7.89. The number of anilines is 2. The van der Waals surface area contributed by atoms with Crippen LogP contribution in [0.3, 0.4) is 0 Å². The zero-order valence-corrected chi connectivity index (χ0v) is 17.0. The van der Waals surface area contributed by atoms with Crippen LogP contribution in [0.15, 0.2) is 41.3 Å². The van der Waals surface area contributed by atoms with Crippen molar-refractivity contribution in [1.29, 1.82) is 0 Å². The molecule has 0 unspecified atom stereocenters. The van der Waals surface area contributed by atoms with E-state index in [1.54, 1.807) is 0 Å². The molecule has 0 spiro atoms. The Kier molecular flexibility index (Phi) is 5.58. The van der Waals surface area contributed by atoms with Gasteiger partial charge in [-0.3, -0.25) is 0 Å². The number of benzene rings is 1. The predicted molar refractivity (Wildman–Crippen MR) is 106 cm³/mol. The third-order valence-electron chi connectivity index (χ3n) is 5.43. The van der Waals surface area contributed by atoms with Crippen LogP contribution < -0.4 is 9.80 Å². The van der Waals surface area contributed by atoms with Crippen LogP contribution >= 0.6 is 0 Å². The van der Waals surface area contributed by atoms with E-state index in [1.165, 1.54) is 10.4 Å². The van der Waals surface area contributed by atoms with Gasteiger partial charge < -0.3 is 9.80 Å². The molecule has 0 radical (unpaired) electrons. The molecule has 2 aromatic rings. The van der Waals surface area contributed by atoms with Crippen molar-refractivity contribution in [3.63, 3.8) is 0 Å². The molecule has 0 aliphatic carbocycles. The number of alkyl halides is 3. The van der Waals surface area contributed by atoms with Gasteiger partial charge in [-0.1, -0.05) is 6.07 Å². The molecule has 2 aliphatic heterocycles. The topological polar surface area (TPSA) is 69.6 Å². The molecule has 0 saturated carbocycles. The van der Waals surface area contributed by atoms with E-state index in [-0.39, 0.29) is 18.0 Å². The second kappa shape index (κ2) is 8.03. The second-order valence-electron chi connectivity index (χ2n) is 7.36. The fourth-order valence-electron chi connectivity index (χ4n) is 3.74. The first-order chi connectivity index (χ1) is 14.2. The van der Waals surface area contributed by atoms with E-state index < -0.39 is 21.8 Å². The van der Waals surface area contributed by atoms with E-state index >= 15 is 0 Å². The molecule has 1 aromatic carbocycles. The van der Waals surface area contributed by atoms with Crippen molar-refractivity contribution < 1.29 is 21.6 Å². The minimum absolute atomic E-state index is 0.161. The predicted octanol–water partition coefficient (Wildman–Crippen LogP) is 2.61. The smallest absolute Gasteiger partial charge is 0.355 e. The molecule has 0 N–H and O–H groups in total. The van der Waals surface area contributed by atoms with Crippen LogP contribution in [0.4, 0.5) is 24.8 Å². The van der Waals surface area contributed by atoms with Crippen molar-refractivity contribution in [2.24, 2.45) is 0 Å². The van der Waals surface area contributed by atoms with Crippen LogP contribution in [0.2, 0.25) is 0 Å². The maximum absolute atomic E-state index is 12.9. The van der Waals surface area contributed by atoms with Crippen LogP contribution in [0.1, 0.15) is 18.4 Å². The van der Waals surface area contributed by atoms with Gasteiger partial charge in [0.05, 0.1) is 10.5 Å². The van der Waals surface area contributed by atoms with Gasteiger partial charge in [0.25, 0.3) is 0 Å². The SMILES string of the molecule is O=S(=O)(c1cccc(C(F)(F)F)c1)N1CCN(c2ccc(N3CCCC3)nn2)CC1. The number of hydrogen-bond acceptors (Lipinski definition) is 6. The molecule has 2 saturated heterocycles. The average Bonchev–Trinajstić information content (AvgIpc) is 3.28. The Labute approximate surface area is 173 Å². The molecule has 7 nitrogen and oxygen atoms in total. The van der Waals surface area contributed by atoms with Crippen molar-refractivity contribution in [2.75, 3.05) is 49.1 Å². The lowest BCUT2D eigenvalue weighted by atomic mass is 10.2. The van der Waals surface area contributed by atoms with Gasteiger partial charge in [-0.05, 0) is 43.2 Å². The number of sulfonamides is 1. The molecule has 4 rings (SSSR count). The van der Waals surface area contributed by atoms with Crippen molar-refractivity contribution in [3.8, 4) is 0 Å². The van der Waals surface area contributed by atoms with Gasteiger partial charge >= 0.3 is 6.18 Å². The van der Waals surface area contributed by atoms with E-state index in [0.717, 1.165) is 43.9 Å². The summed E-state index contributed by atoms with van der Waals surface area (Å²) in [7, 11) is -4.00. The fourth-order valence-corrected chi connectivity index (χ4v) is 5.21. The van der Waals surface area contributed by atoms with Gasteiger partial charge in [0.15, 0.2) is 11.6 Å². The summed E-state index contributed by atoms with van der Waals surface area (Å²) in [6.07, 6.45) is -2.30. The molecule has 3 heterocycles. The summed E-state index contributed by atoms with van der Waals surface area (Å²) in [6.45, 7) is 3.04. The summed E-state index contributed by atoms with van der Waals surface area (Å²) in [5.41, 5.74) is -0.976. The number of rotatable bonds is 4. The maximum Gasteiger partial charge on any atom is 0.416 e. The number of aromatic nitrogens is 2. The first-order valence-corrected chi connectivity index (χ1v) is 11.2. The third-order valence-corrected chi connectivity index (χ3v) is 7.32. The molecule has 11 heteroatoms. The highest BCUT2D eigenvalue weighted by atomic mass is 32.2. The van der Waals surface area contributed by atoms with Gasteiger partial charge in [0.1, 0.15) is 0 Å². The first kappa shape index (κ1) is 20.9. The summed E-state index contributed by atoms with van der Waals surface area (Å²) in [4.78, 5) is 3.76. The number of hydrogen-bond donors (Lipinski definition) is 0. The van der Waals surface area contributed by atoms with E-state index in [4.69, 9.17) is 0 Å². The molecule has 0 atom stereocenters. The standard InChI is InChI=1S/C19H22F3N5O2S/c20-19(21,22)15-4-3-5-16(14-15)30(28,29)27-12-10-26(11-13-27)18-7-6-17(23-24-18)25-8-1-2-9-25/h3-7,14H,1-2,8-13H2. The second-order valence-corrected chi connectivity index (χ2v) is 9.30. The number of nitrogens with zero attached hydrogens (tertiary/aromatic N) is 5. The molecule has 2 fully saturated rings. The molecule has 0 bridgehead atoms. The summed E-state index contributed by atoms with van der Waals surface area (Å²) in [6, 6.07) is 7.64. The Morgan fingerprint density at radius 1 is 0.800 bits per heavy atom. The van der Waals surface area contributed by atoms with Crippen molar-refractivity contribution in [3.05, 3.63) is 42.0 Å². The van der Waals surface area contributed by atoms with Gasteiger partial charge in [0.2, 0.25) is 10.0 Å². The lowest BCUT2D eigenvalue weighted by Gasteiger charge is -2.34. The van der Waals surface area contributed by atoms with E-state index in [1.807, 2.05) is 17.0 Å². The minimum atomic E-state index is -4.59. The Morgan fingerprint density at radius 3 is 1.90 bits per heavy atom. The Balaban J connectivity index is 1.42.